The van der Waals surface area contributed by atoms with Gasteiger partial charge in [0.1, 0.15) is 0 Å². The van der Waals surface area contributed by atoms with Gasteiger partial charge < -0.3 is 9.47 Å². The fraction of sp³-hybridized carbons (Fsp3) is 0.273. The van der Waals surface area contributed by atoms with Gasteiger partial charge in [-0.1, -0.05) is 24.3 Å². The van der Waals surface area contributed by atoms with Crippen molar-refractivity contribution in [3.8, 4) is 0 Å². The highest BCUT2D eigenvalue weighted by atomic mass is 15.3. The Hall–Kier alpha value is -1.84. The van der Waals surface area contributed by atoms with E-state index in [0.717, 1.165) is 6.67 Å². The summed E-state index contributed by atoms with van der Waals surface area (Å²) < 4.78 is 2.04. The summed E-state index contributed by atoms with van der Waals surface area (Å²) in [7, 11) is 0. The van der Waals surface area contributed by atoms with Crippen LogP contribution in [0.15, 0.2) is 48.0 Å². The highest BCUT2D eigenvalue weighted by molar-refractivity contribution is 5.60. The highest BCUT2D eigenvalue weighted by Gasteiger charge is 2.27. The molecule has 2 atom stereocenters. The first-order valence-electron chi connectivity index (χ1n) is 5.03. The van der Waals surface area contributed by atoms with E-state index in [9.17, 15) is 0 Å². The second-order valence-electron chi connectivity index (χ2n) is 3.75. The topological polar surface area (TPSA) is 33.4 Å². The Morgan fingerprint density at radius 3 is 3.00 bits per heavy atom. The molecule has 2 unspecified atom stereocenters. The van der Waals surface area contributed by atoms with Crippen molar-refractivity contribution in [2.75, 3.05) is 0 Å². The lowest BCUT2D eigenvalue weighted by Gasteiger charge is -2.25. The number of allylic oxidation sites excluding steroid dienone is 2. The molecule has 0 bridgehead atoms. The smallest absolute Gasteiger partial charge is 0.0970 e. The molecule has 0 radical (unpaired) electrons. The minimum Gasteiger partial charge on any atom is -0.336 e. The molecule has 1 aliphatic carbocycles. The van der Waals surface area contributed by atoms with E-state index in [1.54, 1.807) is 6.20 Å². The van der Waals surface area contributed by atoms with Crippen LogP contribution in [-0.4, -0.2) is 32.9 Å². The predicted molar refractivity (Wildman–Crippen MR) is 58.4 cm³/mol. The lowest BCUT2D eigenvalue weighted by atomic mass is 10.0. The molecular formula is C11H12N4. The van der Waals surface area contributed by atoms with E-state index >= 15 is 0 Å². The molecule has 4 heteroatoms. The van der Waals surface area contributed by atoms with Crippen LogP contribution in [0, 0.1) is 0 Å². The van der Waals surface area contributed by atoms with Gasteiger partial charge in [-0.05, 0) is 0 Å². The van der Waals surface area contributed by atoms with Crippen molar-refractivity contribution in [2.45, 2.75) is 18.8 Å². The molecule has 0 saturated carbocycles. The summed E-state index contributed by atoms with van der Waals surface area (Å²) in [4.78, 5) is 10.7. The quantitative estimate of drug-likeness (QED) is 0.715. The van der Waals surface area contributed by atoms with Crippen molar-refractivity contribution in [1.82, 2.24) is 14.5 Å². The normalized spacial score (nSPS) is 27.3. The number of rotatable bonds is 2. The number of imidazole rings is 1. The molecular weight excluding hydrogens is 188 g/mol. The van der Waals surface area contributed by atoms with Crippen molar-refractivity contribution >= 4 is 6.34 Å². The average molecular weight is 200 g/mol. The molecule has 0 fully saturated rings. The molecule has 0 N–H and O–H groups in total. The zero-order chi connectivity index (χ0) is 10.1. The van der Waals surface area contributed by atoms with Gasteiger partial charge in [0.25, 0.3) is 0 Å². The third kappa shape index (κ3) is 1.48. The van der Waals surface area contributed by atoms with Crippen molar-refractivity contribution in [3.05, 3.63) is 43.0 Å². The second-order valence-corrected chi connectivity index (χ2v) is 3.75. The first-order valence-corrected chi connectivity index (χ1v) is 5.03. The van der Waals surface area contributed by atoms with Gasteiger partial charge in [-0.2, -0.15) is 0 Å². The van der Waals surface area contributed by atoms with E-state index in [1.165, 1.54) is 0 Å². The van der Waals surface area contributed by atoms with Crippen molar-refractivity contribution in [3.63, 3.8) is 0 Å². The number of nitrogens with zero attached hydrogens (tertiary/aromatic N) is 4. The van der Waals surface area contributed by atoms with Gasteiger partial charge in [0.05, 0.1) is 31.4 Å². The summed E-state index contributed by atoms with van der Waals surface area (Å²) >= 11 is 0. The van der Waals surface area contributed by atoms with Gasteiger partial charge in [-0.15, -0.1) is 0 Å². The maximum absolute atomic E-state index is 4.45. The van der Waals surface area contributed by atoms with Gasteiger partial charge in [-0.25, -0.2) is 4.98 Å². The van der Waals surface area contributed by atoms with E-state index < -0.39 is 0 Å². The van der Waals surface area contributed by atoms with Crippen LogP contribution in [0.1, 0.15) is 0 Å². The molecule has 15 heavy (non-hydrogen) atoms. The van der Waals surface area contributed by atoms with Crippen LogP contribution in [-0.2, 0) is 6.67 Å². The Kier molecular flexibility index (Phi) is 1.91. The summed E-state index contributed by atoms with van der Waals surface area (Å²) in [6.45, 7) is 0.808. The van der Waals surface area contributed by atoms with Crippen LogP contribution in [0.4, 0.5) is 0 Å². The maximum atomic E-state index is 4.45. The molecule has 0 amide bonds. The van der Waals surface area contributed by atoms with E-state index in [1.807, 2.05) is 23.4 Å². The third-order valence-electron chi connectivity index (χ3n) is 2.73. The van der Waals surface area contributed by atoms with E-state index in [2.05, 4.69) is 39.2 Å². The summed E-state index contributed by atoms with van der Waals surface area (Å²) in [6.07, 6.45) is 16.0. The monoisotopic (exact) mass is 200 g/mol. The second kappa shape index (κ2) is 3.38. The number of hydrogen-bond donors (Lipinski definition) is 0. The standard InChI is InChI=1S/C11H12N4/c1-2-4-11-10(3-1)13-8-15(11)9-14-6-5-12-7-14/h1-8,10-11H,9H2. The zero-order valence-corrected chi connectivity index (χ0v) is 8.27. The van der Waals surface area contributed by atoms with Crippen molar-refractivity contribution < 1.29 is 0 Å². The molecule has 76 valence electrons. The van der Waals surface area contributed by atoms with Gasteiger partial charge in [0.15, 0.2) is 0 Å². The Morgan fingerprint density at radius 2 is 2.13 bits per heavy atom. The minimum atomic E-state index is 0.290. The fourth-order valence-corrected chi connectivity index (χ4v) is 1.96. The fourth-order valence-electron chi connectivity index (χ4n) is 1.96. The van der Waals surface area contributed by atoms with Crippen LogP contribution >= 0.6 is 0 Å². The lowest BCUT2D eigenvalue weighted by Crippen LogP contribution is -2.35. The van der Waals surface area contributed by atoms with Crippen molar-refractivity contribution in [2.24, 2.45) is 4.99 Å². The Labute approximate surface area is 88.3 Å². The maximum Gasteiger partial charge on any atom is 0.0970 e. The van der Waals surface area contributed by atoms with Crippen LogP contribution in [0.5, 0.6) is 0 Å². The molecule has 0 spiro atoms. The van der Waals surface area contributed by atoms with Crippen LogP contribution < -0.4 is 0 Å². The molecule has 1 aromatic heterocycles. The zero-order valence-electron chi connectivity index (χ0n) is 8.27. The van der Waals surface area contributed by atoms with E-state index in [0.29, 0.717) is 12.1 Å². The van der Waals surface area contributed by atoms with Crippen molar-refractivity contribution in [1.29, 1.82) is 0 Å². The molecule has 1 aromatic rings. The van der Waals surface area contributed by atoms with Gasteiger partial charge in [-0.3, -0.25) is 4.99 Å². The molecule has 4 nitrogen and oxygen atoms in total. The van der Waals surface area contributed by atoms with Crippen LogP contribution in [0.2, 0.25) is 0 Å². The van der Waals surface area contributed by atoms with Crippen LogP contribution in [0.25, 0.3) is 0 Å². The Morgan fingerprint density at radius 1 is 1.20 bits per heavy atom. The first kappa shape index (κ1) is 8.47. The largest absolute Gasteiger partial charge is 0.336 e. The van der Waals surface area contributed by atoms with Gasteiger partial charge in [0.2, 0.25) is 0 Å². The molecule has 3 rings (SSSR count). The highest BCUT2D eigenvalue weighted by Crippen LogP contribution is 2.19. The summed E-state index contributed by atoms with van der Waals surface area (Å²) in [5, 5.41) is 0. The van der Waals surface area contributed by atoms with Gasteiger partial charge in [0, 0.05) is 12.4 Å². The predicted octanol–water partition coefficient (Wildman–Crippen LogP) is 1.05. The molecule has 0 saturated heterocycles. The molecule has 1 aliphatic heterocycles. The first-order chi connectivity index (χ1) is 7.43. The number of aromatic nitrogens is 2. The SMILES string of the molecule is C1=CC2N=CN(Cn3ccnc3)C2C=C1. The average Bonchev–Trinajstić information content (AvgIpc) is 2.89. The number of fused-ring (bicyclic) bond motifs is 1. The Bertz CT molecular complexity index is 416. The minimum absolute atomic E-state index is 0.290. The number of aliphatic imine (C=N–C) groups is 1. The summed E-state index contributed by atoms with van der Waals surface area (Å²) in [5.74, 6) is 0. The molecule has 2 heterocycles. The number of hydrogen-bond acceptors (Lipinski definition) is 3. The van der Waals surface area contributed by atoms with Gasteiger partial charge >= 0.3 is 0 Å². The lowest BCUT2D eigenvalue weighted by molar-refractivity contribution is 0.311. The van der Waals surface area contributed by atoms with Crippen LogP contribution in [0.3, 0.4) is 0 Å². The summed E-state index contributed by atoms with van der Waals surface area (Å²) in [6, 6.07) is 0.663. The molecule has 0 aromatic carbocycles. The third-order valence-corrected chi connectivity index (χ3v) is 2.73. The van der Waals surface area contributed by atoms with E-state index in [4.69, 9.17) is 0 Å². The molecule has 2 aliphatic rings. The van der Waals surface area contributed by atoms with E-state index in [-0.39, 0.29) is 0 Å². The summed E-state index contributed by atoms with van der Waals surface area (Å²) in [5.41, 5.74) is 0. The Balaban J connectivity index is 1.76.